The predicted molar refractivity (Wildman–Crippen MR) is 144 cm³/mol. The average Bonchev–Trinajstić information content (AvgIpc) is 2.88. The van der Waals surface area contributed by atoms with Crippen LogP contribution in [0.5, 0.6) is 0 Å². The number of carbonyl (C=O) groups excluding carboxylic acids is 1. The van der Waals surface area contributed by atoms with Crippen molar-refractivity contribution in [2.24, 2.45) is 5.92 Å². The minimum atomic E-state index is -1.79. The first-order valence-corrected chi connectivity index (χ1v) is 14.4. The van der Waals surface area contributed by atoms with Crippen LogP contribution >= 0.6 is 7.26 Å². The summed E-state index contributed by atoms with van der Waals surface area (Å²) in [6.07, 6.45) is 7.28. The molecule has 0 saturated carbocycles. The monoisotopic (exact) mass is 461 g/mol. The van der Waals surface area contributed by atoms with E-state index in [0.717, 1.165) is 44.7 Å². The van der Waals surface area contributed by atoms with Crippen molar-refractivity contribution in [2.45, 2.75) is 52.4 Å². The Morgan fingerprint density at radius 3 is 1.58 bits per heavy atom. The SMILES string of the molecule is CCCCC(CCCC[P+](c1ccccc1)(c1ccccc1)c1ccccc1)C(=O)OCC. The Morgan fingerprint density at radius 2 is 1.15 bits per heavy atom. The molecule has 3 aromatic carbocycles. The summed E-state index contributed by atoms with van der Waals surface area (Å²) in [5.41, 5.74) is 0. The van der Waals surface area contributed by atoms with E-state index in [1.54, 1.807) is 0 Å². The van der Waals surface area contributed by atoms with E-state index in [0.29, 0.717) is 6.61 Å². The fourth-order valence-electron chi connectivity index (χ4n) is 4.71. The van der Waals surface area contributed by atoms with E-state index < -0.39 is 7.26 Å². The quantitative estimate of drug-likeness (QED) is 0.165. The Balaban J connectivity index is 1.87. The van der Waals surface area contributed by atoms with Gasteiger partial charge in [0.05, 0.1) is 18.7 Å². The van der Waals surface area contributed by atoms with Crippen LogP contribution in [0.25, 0.3) is 0 Å². The number of esters is 1. The highest BCUT2D eigenvalue weighted by molar-refractivity contribution is 7.95. The highest BCUT2D eigenvalue weighted by Gasteiger charge is 2.44. The van der Waals surface area contributed by atoms with Crippen molar-refractivity contribution < 1.29 is 9.53 Å². The van der Waals surface area contributed by atoms with Crippen LogP contribution in [0.15, 0.2) is 91.0 Å². The molecule has 0 spiro atoms. The molecule has 0 aliphatic carbocycles. The van der Waals surface area contributed by atoms with Crippen molar-refractivity contribution in [2.75, 3.05) is 12.8 Å². The van der Waals surface area contributed by atoms with Gasteiger partial charge in [-0.2, -0.15) is 0 Å². The number of hydrogen-bond donors (Lipinski definition) is 0. The van der Waals surface area contributed by atoms with Crippen molar-refractivity contribution in [1.29, 1.82) is 0 Å². The van der Waals surface area contributed by atoms with Gasteiger partial charge in [0, 0.05) is 0 Å². The molecule has 0 aliphatic heterocycles. The van der Waals surface area contributed by atoms with E-state index >= 15 is 0 Å². The summed E-state index contributed by atoms with van der Waals surface area (Å²) in [6, 6.07) is 33.1. The molecule has 174 valence electrons. The van der Waals surface area contributed by atoms with Gasteiger partial charge in [-0.3, -0.25) is 4.79 Å². The Labute approximate surface area is 200 Å². The van der Waals surface area contributed by atoms with Gasteiger partial charge in [0.1, 0.15) is 23.2 Å². The largest absolute Gasteiger partial charge is 0.466 e. The zero-order chi connectivity index (χ0) is 23.4. The van der Waals surface area contributed by atoms with Crippen molar-refractivity contribution >= 4 is 29.1 Å². The number of benzene rings is 3. The Kier molecular flexibility index (Phi) is 10.2. The Morgan fingerprint density at radius 1 is 0.697 bits per heavy atom. The molecule has 0 fully saturated rings. The molecule has 0 saturated heterocycles. The molecule has 0 aromatic heterocycles. The molecule has 0 heterocycles. The highest BCUT2D eigenvalue weighted by Crippen LogP contribution is 2.56. The Hall–Kier alpha value is -2.44. The van der Waals surface area contributed by atoms with E-state index in [1.807, 2.05) is 6.92 Å². The number of carbonyl (C=O) groups is 1. The van der Waals surface area contributed by atoms with Crippen LogP contribution in [0.2, 0.25) is 0 Å². The van der Waals surface area contributed by atoms with Crippen molar-refractivity contribution in [1.82, 2.24) is 0 Å². The molecule has 0 bridgehead atoms. The van der Waals surface area contributed by atoms with Gasteiger partial charge in [-0.25, -0.2) is 0 Å². The van der Waals surface area contributed by atoms with Gasteiger partial charge in [-0.1, -0.05) is 74.4 Å². The van der Waals surface area contributed by atoms with Gasteiger partial charge in [-0.15, -0.1) is 0 Å². The van der Waals surface area contributed by atoms with Gasteiger partial charge in [0.2, 0.25) is 0 Å². The van der Waals surface area contributed by atoms with Gasteiger partial charge < -0.3 is 4.74 Å². The molecule has 0 aliphatic rings. The van der Waals surface area contributed by atoms with Crippen LogP contribution in [0, 0.1) is 5.92 Å². The average molecular weight is 462 g/mol. The summed E-state index contributed by atoms with van der Waals surface area (Å²) in [4.78, 5) is 12.5. The predicted octanol–water partition coefficient (Wildman–Crippen LogP) is 6.52. The van der Waals surface area contributed by atoms with Crippen LogP contribution < -0.4 is 15.9 Å². The fraction of sp³-hybridized carbons (Fsp3) is 0.367. The third-order valence-corrected chi connectivity index (χ3v) is 10.9. The van der Waals surface area contributed by atoms with E-state index in [1.165, 1.54) is 15.9 Å². The minimum absolute atomic E-state index is 0.0128. The molecule has 3 rings (SSSR count). The molecular weight excluding hydrogens is 423 g/mol. The molecule has 0 radical (unpaired) electrons. The Bertz CT molecular complexity index is 844. The van der Waals surface area contributed by atoms with E-state index in [-0.39, 0.29) is 11.9 Å². The first kappa shape index (κ1) is 25.2. The molecule has 3 heteroatoms. The molecule has 3 aromatic rings. The van der Waals surface area contributed by atoms with Gasteiger partial charge >= 0.3 is 5.97 Å². The first-order chi connectivity index (χ1) is 16.2. The lowest BCUT2D eigenvalue weighted by molar-refractivity contribution is -0.148. The van der Waals surface area contributed by atoms with E-state index in [9.17, 15) is 4.79 Å². The fourth-order valence-corrected chi connectivity index (χ4v) is 9.12. The smallest absolute Gasteiger partial charge is 0.308 e. The van der Waals surface area contributed by atoms with Crippen LogP contribution in [-0.2, 0) is 9.53 Å². The summed E-state index contributed by atoms with van der Waals surface area (Å²) in [5, 5.41) is 4.28. The lowest BCUT2D eigenvalue weighted by Crippen LogP contribution is -2.33. The number of unbranched alkanes of at least 4 members (excludes halogenated alkanes) is 2. The summed E-state index contributed by atoms with van der Waals surface area (Å²) < 4.78 is 5.38. The maximum Gasteiger partial charge on any atom is 0.308 e. The van der Waals surface area contributed by atoms with Crippen LogP contribution in [0.1, 0.15) is 52.4 Å². The molecule has 2 nitrogen and oxygen atoms in total. The lowest BCUT2D eigenvalue weighted by Gasteiger charge is -2.28. The zero-order valence-electron chi connectivity index (χ0n) is 20.2. The normalized spacial score (nSPS) is 12.3. The highest BCUT2D eigenvalue weighted by atomic mass is 31.2. The second kappa shape index (κ2) is 13.3. The summed E-state index contributed by atoms with van der Waals surface area (Å²) in [7, 11) is -1.79. The third-order valence-electron chi connectivity index (χ3n) is 6.41. The topological polar surface area (TPSA) is 26.3 Å². The first-order valence-electron chi connectivity index (χ1n) is 12.4. The maximum absolute atomic E-state index is 12.5. The summed E-state index contributed by atoms with van der Waals surface area (Å²) in [5.74, 6) is 0.0176. The second-order valence-corrected chi connectivity index (χ2v) is 12.2. The van der Waals surface area contributed by atoms with Gasteiger partial charge in [0.25, 0.3) is 0 Å². The summed E-state index contributed by atoms with van der Waals surface area (Å²) in [6.45, 7) is 4.54. The zero-order valence-corrected chi connectivity index (χ0v) is 21.1. The van der Waals surface area contributed by atoms with E-state index in [2.05, 4.69) is 97.9 Å². The van der Waals surface area contributed by atoms with Crippen LogP contribution in [-0.4, -0.2) is 18.7 Å². The molecule has 1 atom stereocenters. The molecular formula is C30H38O2P+. The van der Waals surface area contributed by atoms with Gasteiger partial charge in [-0.05, 0) is 69.0 Å². The molecule has 33 heavy (non-hydrogen) atoms. The molecule has 0 N–H and O–H groups in total. The minimum Gasteiger partial charge on any atom is -0.466 e. The van der Waals surface area contributed by atoms with Crippen LogP contribution in [0.3, 0.4) is 0 Å². The lowest BCUT2D eigenvalue weighted by atomic mass is 9.96. The van der Waals surface area contributed by atoms with Crippen molar-refractivity contribution in [3.63, 3.8) is 0 Å². The van der Waals surface area contributed by atoms with Gasteiger partial charge in [0.15, 0.2) is 0 Å². The number of ether oxygens (including phenoxy) is 1. The van der Waals surface area contributed by atoms with Crippen molar-refractivity contribution in [3.8, 4) is 0 Å². The molecule has 1 unspecified atom stereocenters. The second-order valence-electron chi connectivity index (χ2n) is 8.63. The maximum atomic E-state index is 12.5. The van der Waals surface area contributed by atoms with Crippen molar-refractivity contribution in [3.05, 3.63) is 91.0 Å². The standard InChI is InChI=1S/C30H38O2P/c1-3-5-17-26(30(31)32-4-2)18-15-16-25-33(27-19-9-6-10-20-27,28-21-11-7-12-22-28)29-23-13-8-14-24-29/h6-14,19-24,26H,3-5,15-18,25H2,1-2H3/q+1. The third kappa shape index (κ3) is 6.55. The summed E-state index contributed by atoms with van der Waals surface area (Å²) >= 11 is 0. The number of rotatable bonds is 13. The van der Waals surface area contributed by atoms with E-state index in [4.69, 9.17) is 4.74 Å². The van der Waals surface area contributed by atoms with Crippen LogP contribution in [0.4, 0.5) is 0 Å². The molecule has 0 amide bonds. The number of hydrogen-bond acceptors (Lipinski definition) is 2.